The summed E-state index contributed by atoms with van der Waals surface area (Å²) < 4.78 is 0.895. The second kappa shape index (κ2) is 5.79. The van der Waals surface area contributed by atoms with Crippen molar-refractivity contribution in [1.29, 1.82) is 0 Å². The monoisotopic (exact) mass is 332 g/mol. The highest BCUT2D eigenvalue weighted by atomic mass is 79.9. The van der Waals surface area contributed by atoms with Crippen molar-refractivity contribution in [3.63, 3.8) is 0 Å². The lowest BCUT2D eigenvalue weighted by Gasteiger charge is -2.30. The highest BCUT2D eigenvalue weighted by molar-refractivity contribution is 9.10. The van der Waals surface area contributed by atoms with E-state index in [0.717, 1.165) is 29.8 Å². The van der Waals surface area contributed by atoms with E-state index >= 15 is 0 Å². The van der Waals surface area contributed by atoms with Crippen LogP contribution in [0.25, 0.3) is 0 Å². The maximum atomic E-state index is 4.47. The van der Waals surface area contributed by atoms with E-state index in [9.17, 15) is 0 Å². The number of halogens is 1. The normalized spacial score (nSPS) is 16.2. The van der Waals surface area contributed by atoms with Gasteiger partial charge in [0.05, 0.1) is 4.47 Å². The van der Waals surface area contributed by atoms with E-state index in [1.807, 2.05) is 6.92 Å². The third kappa shape index (κ3) is 2.63. The number of hydrogen-bond donors (Lipinski definition) is 2. The summed E-state index contributed by atoms with van der Waals surface area (Å²) in [6.07, 6.45) is 2.92. The maximum Gasteiger partial charge on any atom is 0.224 e. The molecule has 104 valence electrons. The summed E-state index contributed by atoms with van der Waals surface area (Å²) in [4.78, 5) is 8.68. The Kier molecular flexibility index (Phi) is 3.87. The summed E-state index contributed by atoms with van der Waals surface area (Å²) in [6, 6.07) is 8.63. The molecule has 1 aliphatic carbocycles. The van der Waals surface area contributed by atoms with Crippen molar-refractivity contribution in [3.05, 3.63) is 46.1 Å². The molecule has 1 aromatic heterocycles. The van der Waals surface area contributed by atoms with Crippen LogP contribution in [0.15, 0.2) is 34.9 Å². The van der Waals surface area contributed by atoms with Gasteiger partial charge >= 0.3 is 0 Å². The molecule has 3 rings (SSSR count). The molecule has 1 heterocycles. The third-order valence-corrected chi connectivity index (χ3v) is 4.14. The van der Waals surface area contributed by atoms with Gasteiger partial charge < -0.3 is 10.6 Å². The van der Waals surface area contributed by atoms with Gasteiger partial charge in [0.15, 0.2) is 0 Å². The number of nitrogens with zero attached hydrogens (tertiary/aromatic N) is 2. The van der Waals surface area contributed by atoms with Crippen LogP contribution in [-0.4, -0.2) is 23.1 Å². The fourth-order valence-electron chi connectivity index (χ4n) is 2.50. The van der Waals surface area contributed by atoms with Gasteiger partial charge in [0.1, 0.15) is 5.82 Å². The molecule has 1 unspecified atom stereocenters. The maximum absolute atomic E-state index is 4.47. The van der Waals surface area contributed by atoms with Crippen LogP contribution in [0.5, 0.6) is 0 Å². The van der Waals surface area contributed by atoms with Crippen molar-refractivity contribution in [1.82, 2.24) is 9.97 Å². The van der Waals surface area contributed by atoms with Gasteiger partial charge in [-0.25, -0.2) is 4.98 Å². The molecule has 1 atom stereocenters. The van der Waals surface area contributed by atoms with Crippen molar-refractivity contribution < 1.29 is 0 Å². The lowest BCUT2D eigenvalue weighted by atomic mass is 9.78. The third-order valence-electron chi connectivity index (χ3n) is 3.56. The molecule has 0 fully saturated rings. The second-order valence-electron chi connectivity index (χ2n) is 4.90. The summed E-state index contributed by atoms with van der Waals surface area (Å²) in [6.45, 7) is 3.75. The number of fused-ring (bicyclic) bond motifs is 1. The first-order valence-corrected chi connectivity index (χ1v) is 7.65. The Morgan fingerprint density at radius 3 is 2.95 bits per heavy atom. The molecule has 0 saturated carbocycles. The molecule has 2 aromatic rings. The first kappa shape index (κ1) is 13.4. The molecule has 20 heavy (non-hydrogen) atoms. The molecule has 2 N–H and O–H groups in total. The van der Waals surface area contributed by atoms with Gasteiger partial charge in [-0.05, 0) is 40.4 Å². The fraction of sp³-hybridized carbons (Fsp3) is 0.333. The van der Waals surface area contributed by atoms with Crippen LogP contribution in [0.2, 0.25) is 0 Å². The Hall–Kier alpha value is -1.62. The minimum absolute atomic E-state index is 0.579. The highest BCUT2D eigenvalue weighted by Gasteiger charge is 2.25. The quantitative estimate of drug-likeness (QED) is 0.880. The predicted molar refractivity (Wildman–Crippen MR) is 85.3 cm³/mol. The van der Waals surface area contributed by atoms with Crippen LogP contribution < -0.4 is 10.6 Å². The van der Waals surface area contributed by atoms with Crippen molar-refractivity contribution in [2.75, 3.05) is 23.7 Å². The molecule has 0 amide bonds. The van der Waals surface area contributed by atoms with E-state index < -0.39 is 0 Å². The fourth-order valence-corrected chi connectivity index (χ4v) is 2.83. The highest BCUT2D eigenvalue weighted by Crippen LogP contribution is 2.35. The van der Waals surface area contributed by atoms with E-state index in [4.69, 9.17) is 0 Å². The molecule has 0 radical (unpaired) electrons. The van der Waals surface area contributed by atoms with Gasteiger partial charge in [-0.2, -0.15) is 4.98 Å². The first-order chi connectivity index (χ1) is 9.78. The van der Waals surface area contributed by atoms with Crippen LogP contribution in [-0.2, 0) is 6.42 Å². The van der Waals surface area contributed by atoms with Gasteiger partial charge in [0, 0.05) is 25.2 Å². The van der Waals surface area contributed by atoms with Crippen LogP contribution in [0, 0.1) is 0 Å². The smallest absolute Gasteiger partial charge is 0.224 e. The van der Waals surface area contributed by atoms with Gasteiger partial charge in [-0.1, -0.05) is 24.3 Å². The summed E-state index contributed by atoms with van der Waals surface area (Å²) >= 11 is 3.49. The average Bonchev–Trinajstić information content (AvgIpc) is 2.43. The summed E-state index contributed by atoms with van der Waals surface area (Å²) in [5.74, 6) is 2.09. The van der Waals surface area contributed by atoms with Crippen molar-refractivity contribution in [2.24, 2.45) is 0 Å². The van der Waals surface area contributed by atoms with E-state index in [1.165, 1.54) is 11.1 Å². The van der Waals surface area contributed by atoms with E-state index in [0.29, 0.717) is 11.9 Å². The summed E-state index contributed by atoms with van der Waals surface area (Å²) in [5.41, 5.74) is 2.92. The van der Waals surface area contributed by atoms with Crippen LogP contribution in [0.4, 0.5) is 11.8 Å². The zero-order valence-corrected chi connectivity index (χ0v) is 12.9. The molecule has 0 saturated heterocycles. The molecular formula is C15H17BrN4. The molecule has 4 nitrogen and oxygen atoms in total. The van der Waals surface area contributed by atoms with Crippen LogP contribution in [0.1, 0.15) is 24.0 Å². The largest absolute Gasteiger partial charge is 0.368 e. The SMILES string of the molecule is CCNc1ncc(Br)c(NCC2Cc3ccccc32)n1. The predicted octanol–water partition coefficient (Wildman–Crippen LogP) is 3.42. The molecule has 1 aliphatic rings. The lowest BCUT2D eigenvalue weighted by molar-refractivity contribution is 0.634. The number of hydrogen-bond acceptors (Lipinski definition) is 4. The molecule has 5 heteroatoms. The molecule has 1 aromatic carbocycles. The average molecular weight is 333 g/mol. The second-order valence-corrected chi connectivity index (χ2v) is 5.76. The van der Waals surface area contributed by atoms with Gasteiger partial charge in [-0.15, -0.1) is 0 Å². The number of nitrogens with one attached hydrogen (secondary N) is 2. The van der Waals surface area contributed by atoms with Crippen molar-refractivity contribution >= 4 is 27.7 Å². The van der Waals surface area contributed by atoms with Crippen LogP contribution >= 0.6 is 15.9 Å². The van der Waals surface area contributed by atoms with E-state index in [2.05, 4.69) is 60.8 Å². The Labute approximate surface area is 127 Å². The van der Waals surface area contributed by atoms with Crippen molar-refractivity contribution in [3.8, 4) is 0 Å². The Morgan fingerprint density at radius 1 is 1.30 bits per heavy atom. The molecule has 0 bridgehead atoms. The summed E-state index contributed by atoms with van der Waals surface area (Å²) in [5, 5.41) is 6.54. The topological polar surface area (TPSA) is 49.8 Å². The lowest BCUT2D eigenvalue weighted by Crippen LogP contribution is -2.24. The zero-order chi connectivity index (χ0) is 13.9. The first-order valence-electron chi connectivity index (χ1n) is 6.86. The van der Waals surface area contributed by atoms with Crippen LogP contribution in [0.3, 0.4) is 0 Å². The number of benzene rings is 1. The Morgan fingerprint density at radius 2 is 2.15 bits per heavy atom. The molecule has 0 spiro atoms. The minimum Gasteiger partial charge on any atom is -0.368 e. The number of aromatic nitrogens is 2. The molecule has 0 aliphatic heterocycles. The van der Waals surface area contributed by atoms with E-state index in [1.54, 1.807) is 6.20 Å². The zero-order valence-electron chi connectivity index (χ0n) is 11.4. The minimum atomic E-state index is 0.579. The Balaban J connectivity index is 1.66. The molecular weight excluding hydrogens is 316 g/mol. The van der Waals surface area contributed by atoms with E-state index in [-0.39, 0.29) is 0 Å². The van der Waals surface area contributed by atoms with Gasteiger partial charge in [0.2, 0.25) is 5.95 Å². The van der Waals surface area contributed by atoms with Gasteiger partial charge in [0.25, 0.3) is 0 Å². The van der Waals surface area contributed by atoms with Gasteiger partial charge in [-0.3, -0.25) is 0 Å². The standard InChI is InChI=1S/C15H17BrN4/c1-2-17-15-19-9-13(16)14(20-15)18-8-11-7-10-5-3-4-6-12(10)11/h3-6,9,11H,2,7-8H2,1H3,(H2,17,18,19,20). The van der Waals surface area contributed by atoms with Crippen molar-refractivity contribution in [2.45, 2.75) is 19.3 Å². The summed E-state index contributed by atoms with van der Waals surface area (Å²) in [7, 11) is 0. The number of rotatable bonds is 5. The Bertz CT molecular complexity index is 615. The number of anilines is 2.